The Morgan fingerprint density at radius 3 is 1.10 bits per heavy atom. The summed E-state index contributed by atoms with van der Waals surface area (Å²) in [7, 11) is 0. The van der Waals surface area contributed by atoms with E-state index in [1.165, 1.54) is 191 Å². The zero-order chi connectivity index (χ0) is 93.6. The summed E-state index contributed by atoms with van der Waals surface area (Å²) in [5.41, 5.74) is 20.7. The van der Waals surface area contributed by atoms with Crippen LogP contribution in [0.4, 0.5) is 9.59 Å². The van der Waals surface area contributed by atoms with Crippen LogP contribution in [0, 0.1) is 144 Å². The second-order valence-electron chi connectivity index (χ2n) is 48.6. The van der Waals surface area contributed by atoms with Crippen molar-refractivity contribution in [1.29, 1.82) is 0 Å². The number of amides is 2. The third kappa shape index (κ3) is 30.6. The monoisotopic (exact) mass is 2450 g/mol. The number of alkyl carbamates (subject to hydrolysis) is 2. The van der Waals surface area contributed by atoms with Crippen LogP contribution in [0.15, 0.2) is 34.9 Å². The zero-order valence-corrected chi connectivity index (χ0v) is 94.7. The Bertz CT molecular complexity index is 3790. The van der Waals surface area contributed by atoms with Crippen LogP contribution in [-0.2, 0) is 87.0 Å². The molecule has 0 spiro atoms. The molecular weight excluding hydrogens is 2250 g/mol. The van der Waals surface area contributed by atoms with E-state index in [4.69, 9.17) is 30.8 Å². The minimum absolute atomic E-state index is 0. The van der Waals surface area contributed by atoms with E-state index in [-0.39, 0.29) is 153 Å². The van der Waals surface area contributed by atoms with Crippen LogP contribution < -0.4 is 22.9 Å². The van der Waals surface area contributed by atoms with Crippen LogP contribution in [0.5, 0.6) is 0 Å². The van der Waals surface area contributed by atoms with Gasteiger partial charge >= 0.3 is 29.9 Å². The SMILES string of the molecule is CC(C)CCC[C@@H](C)[C@H]1CCC2C3CC=C4C[C@@H](OC(=O)NCCCC(=[OH+])C5(C(=O)O)CCC5)CC[C@]4(C)C3CC[C@@]21C.CC(C)CCC[C@@H](C)[C@H]1CCC2C3CC=C4C[C@@H](OCCCC(=[OH+])CC(C)O)CC[C@]4(C)C3CC[C@@]21C.CC(C)CCC[C@@H](C)[C@H]1CC[C@H]2[C@@H]3CC=C4CC(OC(=O)NCCCC(=[OH+])CCC(=O)O)CC[C@]4(C)[C@H]3CC[C@]12C.N.N.[NH-][C@@H]1CCCC[C@H]1[NH-].[NH2-].[NH2-].[Pt].[Pt].[Pt]. The summed E-state index contributed by atoms with van der Waals surface area (Å²) in [5.74, 6) is 14.0. The van der Waals surface area contributed by atoms with E-state index in [1.807, 2.05) is 0 Å². The van der Waals surface area contributed by atoms with Gasteiger partial charge in [0.2, 0.25) is 0 Å². The van der Waals surface area contributed by atoms with Crippen molar-refractivity contribution in [1.82, 2.24) is 22.9 Å². The second kappa shape index (κ2) is 56.4. The first-order chi connectivity index (χ1) is 61.2. The van der Waals surface area contributed by atoms with Gasteiger partial charge in [0, 0.05) is 95.7 Å². The molecule has 14 aliphatic rings. The Balaban J connectivity index is 0.000000399. The van der Waals surface area contributed by atoms with Crippen molar-refractivity contribution in [2.24, 2.45) is 144 Å². The molecule has 27 atom stereocenters. The number of aliphatic hydroxyl groups is 1. The number of carboxylic acids is 2. The maximum atomic E-state index is 12.6. The number of rotatable bonds is 37. The van der Waals surface area contributed by atoms with Crippen LogP contribution in [0.3, 0.4) is 0 Å². The first kappa shape index (κ1) is 126. The Morgan fingerprint density at radius 1 is 0.419 bits per heavy atom. The predicted molar refractivity (Wildman–Crippen MR) is 546 cm³/mol. The number of fused-ring (bicyclic) bond motifs is 15. The number of aliphatic hydroxyl groups excluding tert-OH is 1. The van der Waals surface area contributed by atoms with Crippen LogP contribution in [0.25, 0.3) is 23.8 Å². The summed E-state index contributed by atoms with van der Waals surface area (Å²) in [5, 5.41) is 33.3. The fourth-order valence-electron chi connectivity index (χ4n) is 31.5. The molecule has 796 valence electrons. The van der Waals surface area contributed by atoms with Crippen LogP contribution in [0.1, 0.15) is 425 Å². The number of aliphatic carboxylic acids is 2. The number of carboxylic acid groups (broad SMARTS) is 2. The van der Waals surface area contributed by atoms with Gasteiger partial charge in [-0.15, -0.1) is 0 Å². The maximum absolute atomic E-state index is 12.6. The molecule has 0 aromatic carbocycles. The van der Waals surface area contributed by atoms with Crippen molar-refractivity contribution < 1.29 is 126 Å². The van der Waals surface area contributed by atoms with Gasteiger partial charge in [-0.25, -0.2) is 9.59 Å². The average Bonchev–Trinajstić information content (AvgIpc) is 1.06. The third-order valence-electron chi connectivity index (χ3n) is 39.2. The summed E-state index contributed by atoms with van der Waals surface area (Å²) in [6.45, 7) is 40.7. The molecule has 0 bridgehead atoms. The minimum atomic E-state index is -1.07. The van der Waals surface area contributed by atoms with Gasteiger partial charge in [0.25, 0.3) is 11.6 Å². The number of nitrogens with one attached hydrogen (secondary N) is 4. The first-order valence-corrected chi connectivity index (χ1v) is 54.0. The summed E-state index contributed by atoms with van der Waals surface area (Å²) >= 11 is 0. The number of carbonyl (C=O) groups is 4. The van der Waals surface area contributed by atoms with Gasteiger partial charge in [0.1, 0.15) is 12.2 Å². The molecule has 136 heavy (non-hydrogen) atoms. The molecule has 21 nitrogen and oxygen atoms in total. The molecular formula is C112H199N8O13Pt3-. The van der Waals surface area contributed by atoms with Gasteiger partial charge in [0.15, 0.2) is 5.41 Å². The van der Waals surface area contributed by atoms with Crippen molar-refractivity contribution in [2.45, 2.75) is 462 Å². The predicted octanol–water partition coefficient (Wildman–Crippen LogP) is 29.7. The smallest absolute Gasteiger partial charge is 0.407 e. The van der Waals surface area contributed by atoms with Crippen molar-refractivity contribution in [3.05, 3.63) is 58.7 Å². The summed E-state index contributed by atoms with van der Waals surface area (Å²) in [6.07, 6.45) is 59.0. The van der Waals surface area contributed by atoms with Gasteiger partial charge in [-0.1, -0.05) is 222 Å². The van der Waals surface area contributed by atoms with Crippen molar-refractivity contribution in [2.75, 3.05) is 19.7 Å². The van der Waals surface area contributed by atoms with Crippen LogP contribution >= 0.6 is 0 Å². The maximum Gasteiger partial charge on any atom is 0.407 e. The molecule has 11 fully saturated rings. The number of ketones is 3. The summed E-state index contributed by atoms with van der Waals surface area (Å²) in [6, 6.07) is -0.160. The Hall–Kier alpha value is -2.55. The van der Waals surface area contributed by atoms with Crippen molar-refractivity contribution >= 4 is 41.5 Å². The second-order valence-corrected chi connectivity index (χ2v) is 48.6. The standard InChI is InChI=1S/C37H59NO5.C35H57NO5.C34H58O3.C6H12N2.2H3N.2H2N.3Pt/c1-24(2)9-6-10-25(3)29-14-15-30-28-13-12-26-23-27(16-20-35(26,4)31(28)17-21-36(29,30)5)43-34(42)38-22-7-11-32(39)37(33(40)41)18-8-19-37;1-23(2)8-6-9-24(3)29-14-15-30-28-13-11-25-22-27(17-19-34(25,4)31(28)18-20-35(29,30)5)41-33(40)36-21-7-10-26(37)12-16-32(38)39;1-23(2)9-7-10-24(3)30-14-15-31-29-13-12-26-22-28(37-20-8-11-27(36)21-25(4)35)16-18-33(26,5)32(29)17-19-34(30,31)6;7-5-3-1-2-4-6(5)8;;;;;;;/h12,24-25,27-31H,6-11,13-23H2,1-5H3,(H,38,42)(H,40,41);11,23-24,27-31H,6-10,12-22H2,1-5H3,(H,36,40)(H,38,39);12,23-25,28-32,35H,7-11,13-22H2,1-6H3;5-8H,1-4H2;2*1H3;2*1H2;;;/q;;;-2;;;2*-1;;;/p+3/t25-,27+,28?,29-,30?,31?,35+,36-;24-,27?,28+,29-,30+,31+,34+,35-;24-,25?,28+,29?,30-,31?,32?,33+,34-;5-,6-;;;;;;;/m1111......./s1. The largest absolute Gasteiger partial charge is 0.693 e. The molecule has 0 aromatic heterocycles. The van der Waals surface area contributed by atoms with E-state index in [9.17, 15) is 43.8 Å². The quantitative estimate of drug-likeness (QED) is 0.0132. The number of hydrogen-bond acceptors (Lipinski definition) is 10. The average molecular weight is 2450 g/mol. The van der Waals surface area contributed by atoms with Crippen molar-refractivity contribution in [3.8, 4) is 0 Å². The van der Waals surface area contributed by atoms with Crippen LogP contribution in [0.2, 0.25) is 0 Å². The Kier molecular flexibility index (Phi) is 52.1. The molecule has 14 rings (SSSR count). The van der Waals surface area contributed by atoms with Crippen LogP contribution in [-0.4, -0.2) is 127 Å². The van der Waals surface area contributed by atoms with Gasteiger partial charge in [-0.05, 0) is 326 Å². The van der Waals surface area contributed by atoms with Gasteiger partial charge in [-0.2, -0.15) is 12.1 Å². The number of hydrogen-bond donors (Lipinski definition) is 7. The fourth-order valence-corrected chi connectivity index (χ4v) is 31.5. The normalized spacial score (nSPS) is 35.1. The molecule has 14 aliphatic carbocycles. The molecule has 0 heterocycles. The molecule has 11 saturated carbocycles. The summed E-state index contributed by atoms with van der Waals surface area (Å²) < 4.78 is 18.0. The molecule has 2 amide bonds. The van der Waals surface area contributed by atoms with Gasteiger partial charge in [-0.3, -0.25) is 24.0 Å². The number of allylic oxidation sites excluding steroid dienone is 3. The molecule has 0 aromatic rings. The van der Waals surface area contributed by atoms with E-state index in [0.717, 1.165) is 177 Å². The summed E-state index contributed by atoms with van der Waals surface area (Å²) in [4.78, 5) is 77.4. The molecule has 0 aliphatic heterocycles. The zero-order valence-electron chi connectivity index (χ0n) is 87.9. The van der Waals surface area contributed by atoms with Gasteiger partial charge < -0.3 is 76.2 Å². The topological polar surface area (TPSA) is 430 Å². The van der Waals surface area contributed by atoms with E-state index in [1.54, 1.807) is 12.5 Å². The molecule has 0 saturated heterocycles. The number of ether oxygens (including phenoxy) is 3. The molecule has 0 radical (unpaired) electrons. The molecule has 8 unspecified atom stereocenters. The first-order valence-electron chi connectivity index (χ1n) is 54.0. The van der Waals surface area contributed by atoms with E-state index in [2.05, 4.69) is 133 Å². The van der Waals surface area contributed by atoms with E-state index >= 15 is 0 Å². The minimum Gasteiger partial charge on any atom is -0.693 e. The molecule has 20 N–H and O–H groups in total. The Morgan fingerprint density at radius 2 is 0.772 bits per heavy atom. The van der Waals surface area contributed by atoms with E-state index in [0.29, 0.717) is 105 Å². The van der Waals surface area contributed by atoms with Crippen molar-refractivity contribution in [3.63, 3.8) is 0 Å². The Labute approximate surface area is 868 Å². The van der Waals surface area contributed by atoms with E-state index < -0.39 is 29.6 Å². The molecule has 24 heteroatoms. The number of carbonyl (C=O) groups excluding carboxylic acids is 5. The third-order valence-corrected chi connectivity index (χ3v) is 39.2. The van der Waals surface area contributed by atoms with Gasteiger partial charge in [0.05, 0.1) is 50.7 Å². The fraction of sp³-hybridized carbons (Fsp3) is 0.884. The number of nitrogens with two attached hydrogens (primary N) is 2.